The van der Waals surface area contributed by atoms with E-state index in [1.165, 1.54) is 0 Å². The van der Waals surface area contributed by atoms with Crippen LogP contribution in [0.2, 0.25) is 5.02 Å². The lowest BCUT2D eigenvalue weighted by Crippen LogP contribution is -2.13. The summed E-state index contributed by atoms with van der Waals surface area (Å²) in [7, 11) is 0. The average Bonchev–Trinajstić information content (AvgIpc) is 2.38. The summed E-state index contributed by atoms with van der Waals surface area (Å²) in [6, 6.07) is 10.7. The van der Waals surface area contributed by atoms with Crippen molar-refractivity contribution in [2.24, 2.45) is 0 Å². The molecule has 0 spiro atoms. The van der Waals surface area contributed by atoms with Gasteiger partial charge in [0.2, 0.25) is 0 Å². The number of nitrogen functional groups attached to an aromatic ring is 1. The van der Waals surface area contributed by atoms with E-state index in [-0.39, 0.29) is 5.91 Å². The van der Waals surface area contributed by atoms with Gasteiger partial charge in [-0.05, 0) is 49.2 Å². The second-order valence-electron chi connectivity index (χ2n) is 4.44. The molecule has 3 N–H and O–H groups in total. The third-order valence-corrected chi connectivity index (χ3v) is 3.47. The van der Waals surface area contributed by atoms with Crippen LogP contribution in [-0.2, 0) is 0 Å². The molecule has 2 aromatic rings. The molecule has 0 fully saturated rings. The van der Waals surface area contributed by atoms with Gasteiger partial charge in [-0.3, -0.25) is 4.79 Å². The van der Waals surface area contributed by atoms with E-state index in [0.29, 0.717) is 22.0 Å². The summed E-state index contributed by atoms with van der Waals surface area (Å²) in [6.07, 6.45) is 0. The molecular formula is C15H15ClN2O. The van der Waals surface area contributed by atoms with E-state index in [1.807, 2.05) is 26.0 Å². The summed E-state index contributed by atoms with van der Waals surface area (Å²) in [5.41, 5.74) is 9.45. The second kappa shape index (κ2) is 5.33. The van der Waals surface area contributed by atoms with E-state index in [9.17, 15) is 4.79 Å². The molecule has 2 rings (SSSR count). The molecule has 19 heavy (non-hydrogen) atoms. The molecule has 0 aliphatic rings. The first-order valence-corrected chi connectivity index (χ1v) is 6.29. The van der Waals surface area contributed by atoms with Crippen LogP contribution < -0.4 is 11.1 Å². The molecule has 0 aliphatic heterocycles. The van der Waals surface area contributed by atoms with Crippen molar-refractivity contribution in [3.8, 4) is 0 Å². The zero-order valence-electron chi connectivity index (χ0n) is 10.8. The van der Waals surface area contributed by atoms with Gasteiger partial charge in [0.1, 0.15) is 0 Å². The highest BCUT2D eigenvalue weighted by Gasteiger charge is 2.09. The van der Waals surface area contributed by atoms with E-state index in [2.05, 4.69) is 5.32 Å². The molecule has 4 heteroatoms. The summed E-state index contributed by atoms with van der Waals surface area (Å²) in [6.45, 7) is 3.76. The van der Waals surface area contributed by atoms with E-state index >= 15 is 0 Å². The number of carbonyl (C=O) groups excluding carboxylic acids is 1. The minimum atomic E-state index is -0.197. The first kappa shape index (κ1) is 13.4. The van der Waals surface area contributed by atoms with Crippen LogP contribution in [0.15, 0.2) is 36.4 Å². The molecule has 0 saturated carbocycles. The fourth-order valence-electron chi connectivity index (χ4n) is 1.72. The number of carbonyl (C=O) groups is 1. The number of rotatable bonds is 2. The number of halogens is 1. The smallest absolute Gasteiger partial charge is 0.255 e. The largest absolute Gasteiger partial charge is 0.398 e. The molecule has 3 nitrogen and oxygen atoms in total. The zero-order chi connectivity index (χ0) is 14.0. The van der Waals surface area contributed by atoms with Crippen molar-refractivity contribution < 1.29 is 4.79 Å². The van der Waals surface area contributed by atoms with Gasteiger partial charge in [-0.15, -0.1) is 0 Å². The Morgan fingerprint density at radius 2 is 1.95 bits per heavy atom. The Hall–Kier alpha value is -2.00. The molecular weight excluding hydrogens is 260 g/mol. The van der Waals surface area contributed by atoms with Crippen molar-refractivity contribution in [1.29, 1.82) is 0 Å². The summed E-state index contributed by atoms with van der Waals surface area (Å²) in [4.78, 5) is 12.1. The lowest BCUT2D eigenvalue weighted by atomic mass is 10.1. The number of amides is 1. The van der Waals surface area contributed by atoms with Gasteiger partial charge >= 0.3 is 0 Å². The van der Waals surface area contributed by atoms with Gasteiger partial charge in [0.15, 0.2) is 0 Å². The van der Waals surface area contributed by atoms with E-state index in [1.54, 1.807) is 24.3 Å². The van der Waals surface area contributed by atoms with Gasteiger partial charge in [-0.1, -0.05) is 23.7 Å². The lowest BCUT2D eigenvalue weighted by Gasteiger charge is -2.10. The Morgan fingerprint density at radius 3 is 2.63 bits per heavy atom. The van der Waals surface area contributed by atoms with Crippen LogP contribution in [-0.4, -0.2) is 5.91 Å². The summed E-state index contributed by atoms with van der Waals surface area (Å²) < 4.78 is 0. The third kappa shape index (κ3) is 2.88. The SMILES string of the molecule is Cc1ccc(C(=O)Nc2cccc(Cl)c2C)cc1N. The molecule has 2 aromatic carbocycles. The van der Waals surface area contributed by atoms with E-state index in [0.717, 1.165) is 11.1 Å². The van der Waals surface area contributed by atoms with Crippen molar-refractivity contribution in [3.05, 3.63) is 58.1 Å². The molecule has 98 valence electrons. The van der Waals surface area contributed by atoms with E-state index < -0.39 is 0 Å². The van der Waals surface area contributed by atoms with Crippen molar-refractivity contribution >= 4 is 28.9 Å². The van der Waals surface area contributed by atoms with Crippen LogP contribution in [0.4, 0.5) is 11.4 Å². The van der Waals surface area contributed by atoms with Crippen LogP contribution in [0, 0.1) is 13.8 Å². The molecule has 0 heterocycles. The molecule has 0 radical (unpaired) electrons. The average molecular weight is 275 g/mol. The Morgan fingerprint density at radius 1 is 1.21 bits per heavy atom. The van der Waals surface area contributed by atoms with Crippen LogP contribution in [0.1, 0.15) is 21.5 Å². The highest BCUT2D eigenvalue weighted by atomic mass is 35.5. The highest BCUT2D eigenvalue weighted by Crippen LogP contribution is 2.23. The van der Waals surface area contributed by atoms with Gasteiger partial charge in [0.05, 0.1) is 0 Å². The number of aryl methyl sites for hydroxylation is 1. The Kier molecular flexibility index (Phi) is 3.76. The molecule has 0 atom stereocenters. The van der Waals surface area contributed by atoms with E-state index in [4.69, 9.17) is 17.3 Å². The van der Waals surface area contributed by atoms with Crippen molar-refractivity contribution in [2.45, 2.75) is 13.8 Å². The normalized spacial score (nSPS) is 10.3. The number of benzene rings is 2. The van der Waals surface area contributed by atoms with Crippen LogP contribution >= 0.6 is 11.6 Å². The highest BCUT2D eigenvalue weighted by molar-refractivity contribution is 6.31. The maximum atomic E-state index is 12.1. The maximum Gasteiger partial charge on any atom is 0.255 e. The molecule has 0 saturated heterocycles. The van der Waals surface area contributed by atoms with Crippen LogP contribution in [0.3, 0.4) is 0 Å². The standard InChI is InChI=1S/C15H15ClN2O/c1-9-6-7-11(8-13(9)17)15(19)18-14-5-3-4-12(16)10(14)2/h3-8H,17H2,1-2H3,(H,18,19). The maximum absolute atomic E-state index is 12.1. The number of hydrogen-bond donors (Lipinski definition) is 2. The fourth-order valence-corrected chi connectivity index (χ4v) is 1.89. The van der Waals surface area contributed by atoms with Gasteiger partial charge in [0.25, 0.3) is 5.91 Å². The van der Waals surface area contributed by atoms with Gasteiger partial charge < -0.3 is 11.1 Å². The first-order valence-electron chi connectivity index (χ1n) is 5.91. The topological polar surface area (TPSA) is 55.1 Å². The monoisotopic (exact) mass is 274 g/mol. The third-order valence-electron chi connectivity index (χ3n) is 3.06. The lowest BCUT2D eigenvalue weighted by molar-refractivity contribution is 0.102. The summed E-state index contributed by atoms with van der Waals surface area (Å²) in [5.74, 6) is -0.197. The predicted molar refractivity (Wildman–Crippen MR) is 79.7 cm³/mol. The van der Waals surface area contributed by atoms with Gasteiger partial charge in [-0.25, -0.2) is 0 Å². The van der Waals surface area contributed by atoms with Crippen molar-refractivity contribution in [2.75, 3.05) is 11.1 Å². The minimum Gasteiger partial charge on any atom is -0.398 e. The number of anilines is 2. The molecule has 0 aliphatic carbocycles. The Bertz CT molecular complexity index is 638. The van der Waals surface area contributed by atoms with Crippen LogP contribution in [0.25, 0.3) is 0 Å². The zero-order valence-corrected chi connectivity index (χ0v) is 11.6. The molecule has 0 bridgehead atoms. The Balaban J connectivity index is 2.26. The van der Waals surface area contributed by atoms with Gasteiger partial charge in [0, 0.05) is 22.0 Å². The van der Waals surface area contributed by atoms with Gasteiger partial charge in [-0.2, -0.15) is 0 Å². The number of hydrogen-bond acceptors (Lipinski definition) is 2. The fraction of sp³-hybridized carbons (Fsp3) is 0.133. The molecule has 0 unspecified atom stereocenters. The molecule has 0 aromatic heterocycles. The Labute approximate surface area is 117 Å². The second-order valence-corrected chi connectivity index (χ2v) is 4.85. The number of nitrogens with two attached hydrogens (primary N) is 1. The predicted octanol–water partition coefficient (Wildman–Crippen LogP) is 3.79. The van der Waals surface area contributed by atoms with Crippen molar-refractivity contribution in [1.82, 2.24) is 0 Å². The van der Waals surface area contributed by atoms with Crippen LogP contribution in [0.5, 0.6) is 0 Å². The quantitative estimate of drug-likeness (QED) is 0.819. The summed E-state index contributed by atoms with van der Waals surface area (Å²) >= 11 is 6.02. The van der Waals surface area contributed by atoms with Crippen molar-refractivity contribution in [3.63, 3.8) is 0 Å². The summed E-state index contributed by atoms with van der Waals surface area (Å²) in [5, 5.41) is 3.46. The molecule has 1 amide bonds. The number of nitrogens with one attached hydrogen (secondary N) is 1. The first-order chi connectivity index (χ1) is 8.99. The minimum absolute atomic E-state index is 0.197.